The summed E-state index contributed by atoms with van der Waals surface area (Å²) in [5.41, 5.74) is 2.55. The van der Waals surface area contributed by atoms with Crippen LogP contribution in [0.2, 0.25) is 0 Å². The van der Waals surface area contributed by atoms with E-state index >= 15 is 0 Å². The summed E-state index contributed by atoms with van der Waals surface area (Å²) in [4.78, 5) is 41.5. The second kappa shape index (κ2) is 10.4. The van der Waals surface area contributed by atoms with Gasteiger partial charge < -0.3 is 4.90 Å². The van der Waals surface area contributed by atoms with Crippen LogP contribution in [-0.4, -0.2) is 61.8 Å². The fourth-order valence-electron chi connectivity index (χ4n) is 5.27. The number of hydrogen-bond donors (Lipinski definition) is 0. The highest BCUT2D eigenvalue weighted by molar-refractivity contribution is 6.07. The van der Waals surface area contributed by atoms with E-state index in [4.69, 9.17) is 0 Å². The standard InChI is InChI=1S/C28H31N5O2/c34-26-28(12-17-31(18-13-28)21-25-10-5-15-30-20-25)33(22-24-7-2-1-3-8-24)27(35)32(26)16-6-11-23-9-4-14-29-19-23/h1-5,7-10,14-15,19-20H,6,11-13,16-18,21-22H2. The maximum absolute atomic E-state index is 13.8. The molecule has 3 amide bonds. The zero-order valence-electron chi connectivity index (χ0n) is 19.9. The van der Waals surface area contributed by atoms with Crippen molar-refractivity contribution in [1.29, 1.82) is 0 Å². The number of piperidine rings is 1. The highest BCUT2D eigenvalue weighted by Gasteiger charge is 2.57. The van der Waals surface area contributed by atoms with Gasteiger partial charge in [0.1, 0.15) is 5.54 Å². The Bertz CT molecular complexity index is 1130. The predicted molar refractivity (Wildman–Crippen MR) is 133 cm³/mol. The zero-order valence-corrected chi connectivity index (χ0v) is 19.9. The van der Waals surface area contributed by atoms with Gasteiger partial charge in [-0.25, -0.2) is 4.79 Å². The van der Waals surface area contributed by atoms with Crippen molar-refractivity contribution < 1.29 is 9.59 Å². The van der Waals surface area contributed by atoms with E-state index in [1.54, 1.807) is 12.4 Å². The second-order valence-electron chi connectivity index (χ2n) is 9.44. The Morgan fingerprint density at radius 2 is 1.43 bits per heavy atom. The summed E-state index contributed by atoms with van der Waals surface area (Å²) in [5.74, 6) is -0.0364. The molecule has 2 saturated heterocycles. The molecular formula is C28H31N5O2. The van der Waals surface area contributed by atoms with Gasteiger partial charge in [-0.2, -0.15) is 0 Å². The van der Waals surface area contributed by atoms with Crippen LogP contribution in [0.4, 0.5) is 4.79 Å². The Balaban J connectivity index is 1.31. The average molecular weight is 470 g/mol. The van der Waals surface area contributed by atoms with E-state index in [2.05, 4.69) is 20.9 Å². The number of benzene rings is 1. The lowest BCUT2D eigenvalue weighted by Gasteiger charge is -2.42. The third kappa shape index (κ3) is 4.95. The number of pyridine rings is 2. The molecule has 5 rings (SSSR count). The number of aromatic nitrogens is 2. The molecule has 2 fully saturated rings. The van der Waals surface area contributed by atoms with E-state index in [-0.39, 0.29) is 11.9 Å². The number of amides is 3. The molecule has 3 aromatic rings. The molecule has 0 atom stereocenters. The van der Waals surface area contributed by atoms with E-state index in [0.29, 0.717) is 25.9 Å². The molecule has 0 bridgehead atoms. The van der Waals surface area contributed by atoms with Crippen molar-refractivity contribution in [2.75, 3.05) is 19.6 Å². The first-order valence-corrected chi connectivity index (χ1v) is 12.3. The number of aryl methyl sites for hydroxylation is 1. The maximum Gasteiger partial charge on any atom is 0.327 e. The summed E-state index contributed by atoms with van der Waals surface area (Å²) >= 11 is 0. The fraction of sp³-hybridized carbons (Fsp3) is 0.357. The topological polar surface area (TPSA) is 69.6 Å². The van der Waals surface area contributed by atoms with Crippen LogP contribution in [0, 0.1) is 0 Å². The highest BCUT2D eigenvalue weighted by Crippen LogP contribution is 2.39. The van der Waals surface area contributed by atoms with Gasteiger partial charge in [0.2, 0.25) is 0 Å². The summed E-state index contributed by atoms with van der Waals surface area (Å²) in [6, 6.07) is 17.8. The number of rotatable bonds is 8. The number of nitrogens with zero attached hydrogens (tertiary/aromatic N) is 5. The number of urea groups is 1. The van der Waals surface area contributed by atoms with Gasteiger partial charge in [0.05, 0.1) is 0 Å². The van der Waals surface area contributed by atoms with Crippen LogP contribution in [0.1, 0.15) is 36.0 Å². The molecule has 1 aromatic carbocycles. The number of imide groups is 1. The Kier molecular flexibility index (Phi) is 6.86. The molecule has 7 nitrogen and oxygen atoms in total. The predicted octanol–water partition coefficient (Wildman–Crippen LogP) is 3.91. The van der Waals surface area contributed by atoms with Crippen LogP contribution in [0.3, 0.4) is 0 Å². The van der Waals surface area contributed by atoms with Gasteiger partial charge in [-0.15, -0.1) is 0 Å². The Morgan fingerprint density at radius 3 is 2.09 bits per heavy atom. The van der Waals surface area contributed by atoms with Crippen molar-refractivity contribution in [3.05, 3.63) is 96.1 Å². The lowest BCUT2D eigenvalue weighted by atomic mass is 9.85. The van der Waals surface area contributed by atoms with Crippen molar-refractivity contribution in [1.82, 2.24) is 24.7 Å². The molecule has 7 heteroatoms. The average Bonchev–Trinajstić information content (AvgIpc) is 3.08. The van der Waals surface area contributed by atoms with Crippen LogP contribution in [0.5, 0.6) is 0 Å². The van der Waals surface area contributed by atoms with E-state index in [9.17, 15) is 9.59 Å². The Morgan fingerprint density at radius 1 is 0.771 bits per heavy atom. The van der Waals surface area contributed by atoms with E-state index < -0.39 is 5.54 Å². The quantitative estimate of drug-likeness (QED) is 0.468. The smallest absolute Gasteiger partial charge is 0.305 e. The van der Waals surface area contributed by atoms with Crippen LogP contribution in [0.25, 0.3) is 0 Å². The van der Waals surface area contributed by atoms with Crippen molar-refractivity contribution in [2.24, 2.45) is 0 Å². The summed E-state index contributed by atoms with van der Waals surface area (Å²) in [5, 5.41) is 0. The van der Waals surface area contributed by atoms with Gasteiger partial charge in [0, 0.05) is 57.5 Å². The number of carbonyl (C=O) groups excluding carboxylic acids is 2. The van der Waals surface area contributed by atoms with Gasteiger partial charge in [0.25, 0.3) is 5.91 Å². The van der Waals surface area contributed by atoms with Crippen LogP contribution < -0.4 is 0 Å². The van der Waals surface area contributed by atoms with E-state index in [1.807, 2.05) is 65.8 Å². The van der Waals surface area contributed by atoms with Gasteiger partial charge in [-0.1, -0.05) is 42.5 Å². The van der Waals surface area contributed by atoms with Crippen molar-refractivity contribution >= 4 is 11.9 Å². The van der Waals surface area contributed by atoms with Gasteiger partial charge >= 0.3 is 6.03 Å². The lowest BCUT2D eigenvalue weighted by Crippen LogP contribution is -2.56. The van der Waals surface area contributed by atoms with Crippen molar-refractivity contribution in [2.45, 2.75) is 44.3 Å². The molecule has 180 valence electrons. The third-order valence-corrected chi connectivity index (χ3v) is 7.19. The molecule has 0 aliphatic carbocycles. The minimum Gasteiger partial charge on any atom is -0.305 e. The third-order valence-electron chi connectivity index (χ3n) is 7.19. The first-order valence-electron chi connectivity index (χ1n) is 12.3. The largest absolute Gasteiger partial charge is 0.327 e. The van der Waals surface area contributed by atoms with Gasteiger partial charge in [-0.05, 0) is 54.5 Å². The number of carbonyl (C=O) groups is 2. The molecule has 0 N–H and O–H groups in total. The first-order chi connectivity index (χ1) is 17.2. The summed E-state index contributed by atoms with van der Waals surface area (Å²) in [7, 11) is 0. The molecule has 1 spiro atoms. The van der Waals surface area contributed by atoms with Crippen LogP contribution in [-0.2, 0) is 24.3 Å². The SMILES string of the molecule is O=C1N(CCCc2cccnc2)C(=O)C2(CCN(Cc3cccnc3)CC2)N1Cc1ccccc1. The number of likely N-dealkylation sites (tertiary alicyclic amines) is 1. The van der Waals surface area contributed by atoms with E-state index in [1.165, 1.54) is 4.90 Å². The minimum absolute atomic E-state index is 0.0364. The second-order valence-corrected chi connectivity index (χ2v) is 9.44. The molecule has 35 heavy (non-hydrogen) atoms. The van der Waals surface area contributed by atoms with Crippen LogP contribution in [0.15, 0.2) is 79.4 Å². The minimum atomic E-state index is -0.771. The normalized spacial score (nSPS) is 17.9. The Hall–Kier alpha value is -3.58. The van der Waals surface area contributed by atoms with E-state index in [0.717, 1.165) is 49.2 Å². The van der Waals surface area contributed by atoms with Crippen LogP contribution >= 0.6 is 0 Å². The monoisotopic (exact) mass is 469 g/mol. The molecule has 4 heterocycles. The lowest BCUT2D eigenvalue weighted by molar-refractivity contribution is -0.136. The van der Waals surface area contributed by atoms with Crippen molar-refractivity contribution in [3.8, 4) is 0 Å². The molecule has 0 saturated carbocycles. The summed E-state index contributed by atoms with van der Waals surface area (Å²) < 4.78 is 0. The zero-order chi connectivity index (χ0) is 24.1. The summed E-state index contributed by atoms with van der Waals surface area (Å²) in [6.45, 7) is 3.22. The number of hydrogen-bond acceptors (Lipinski definition) is 5. The molecular weight excluding hydrogens is 438 g/mol. The molecule has 2 aliphatic rings. The molecule has 2 aliphatic heterocycles. The molecule has 0 radical (unpaired) electrons. The van der Waals surface area contributed by atoms with Gasteiger partial charge in [0.15, 0.2) is 0 Å². The maximum atomic E-state index is 13.8. The first kappa shape index (κ1) is 23.2. The Labute approximate surface area is 206 Å². The van der Waals surface area contributed by atoms with Gasteiger partial charge in [-0.3, -0.25) is 24.6 Å². The molecule has 2 aromatic heterocycles. The molecule has 0 unspecified atom stereocenters. The highest BCUT2D eigenvalue weighted by atomic mass is 16.2. The summed E-state index contributed by atoms with van der Waals surface area (Å²) in [6.07, 6.45) is 10.1. The van der Waals surface area contributed by atoms with Crippen molar-refractivity contribution in [3.63, 3.8) is 0 Å². The fourth-order valence-corrected chi connectivity index (χ4v) is 5.27.